The number of benzene rings is 1. The van der Waals surface area contributed by atoms with Crippen LogP contribution in [0.5, 0.6) is 5.75 Å². The van der Waals surface area contributed by atoms with Crippen LogP contribution >= 0.6 is 0 Å². The van der Waals surface area contributed by atoms with E-state index in [4.69, 9.17) is 14.2 Å². The molecule has 0 amide bonds. The van der Waals surface area contributed by atoms with Crippen molar-refractivity contribution in [3.63, 3.8) is 0 Å². The molecule has 1 unspecified atom stereocenters. The van der Waals surface area contributed by atoms with E-state index in [-0.39, 0.29) is 6.10 Å². The Labute approximate surface area is 163 Å². The monoisotopic (exact) mass is 377 g/mol. The number of aryl methyl sites for hydroxylation is 1. The van der Waals surface area contributed by atoms with Gasteiger partial charge >= 0.3 is 0 Å². The summed E-state index contributed by atoms with van der Waals surface area (Å²) in [6.45, 7) is 10.8. The van der Waals surface area contributed by atoms with Crippen LogP contribution in [-0.2, 0) is 9.47 Å². The third kappa shape index (κ3) is 8.63. The highest BCUT2D eigenvalue weighted by atomic mass is 16.5. The number of nitrogens with zero attached hydrogens (tertiary/aromatic N) is 1. The Hall–Kier alpha value is -1.79. The fourth-order valence-corrected chi connectivity index (χ4v) is 2.88. The zero-order valence-electron chi connectivity index (χ0n) is 17.0. The molecule has 1 fully saturated rings. The summed E-state index contributed by atoms with van der Waals surface area (Å²) >= 11 is 0. The second kappa shape index (κ2) is 12.6. The summed E-state index contributed by atoms with van der Waals surface area (Å²) in [4.78, 5) is 4.64. The van der Waals surface area contributed by atoms with Gasteiger partial charge in [-0.15, -0.1) is 0 Å². The van der Waals surface area contributed by atoms with Crippen molar-refractivity contribution in [2.45, 2.75) is 52.2 Å². The number of hydrogen-bond acceptors (Lipinski definition) is 4. The largest absolute Gasteiger partial charge is 0.489 e. The predicted octanol–water partition coefficient (Wildman–Crippen LogP) is 2.90. The Bertz CT molecular complexity index is 559. The molecular formula is C21H35N3O3. The SMILES string of the molecule is CCNC(=NCC(C)Oc1ccccc1C)NCCCOC1CCOCC1. The van der Waals surface area contributed by atoms with E-state index in [1.165, 1.54) is 0 Å². The van der Waals surface area contributed by atoms with Crippen molar-refractivity contribution in [2.75, 3.05) is 39.5 Å². The van der Waals surface area contributed by atoms with Crippen molar-refractivity contribution in [2.24, 2.45) is 4.99 Å². The van der Waals surface area contributed by atoms with Crippen LogP contribution in [0.1, 0.15) is 38.7 Å². The highest BCUT2D eigenvalue weighted by molar-refractivity contribution is 5.79. The van der Waals surface area contributed by atoms with Gasteiger partial charge in [0.05, 0.1) is 12.6 Å². The summed E-state index contributed by atoms with van der Waals surface area (Å²) in [6.07, 6.45) is 3.35. The fourth-order valence-electron chi connectivity index (χ4n) is 2.88. The number of rotatable bonds is 10. The highest BCUT2D eigenvalue weighted by Gasteiger charge is 2.13. The van der Waals surface area contributed by atoms with Crippen molar-refractivity contribution < 1.29 is 14.2 Å². The second-order valence-electron chi connectivity index (χ2n) is 6.88. The average Bonchev–Trinajstić information content (AvgIpc) is 2.68. The van der Waals surface area contributed by atoms with E-state index in [2.05, 4.69) is 35.5 Å². The van der Waals surface area contributed by atoms with Crippen LogP contribution in [0.15, 0.2) is 29.3 Å². The minimum atomic E-state index is 0.0124. The molecule has 1 heterocycles. The maximum atomic E-state index is 5.99. The first-order valence-corrected chi connectivity index (χ1v) is 10.1. The molecule has 0 aliphatic carbocycles. The van der Waals surface area contributed by atoms with Crippen LogP contribution in [0.25, 0.3) is 0 Å². The van der Waals surface area contributed by atoms with Gasteiger partial charge in [0, 0.05) is 32.9 Å². The van der Waals surface area contributed by atoms with Crippen molar-refractivity contribution >= 4 is 5.96 Å². The zero-order valence-corrected chi connectivity index (χ0v) is 17.0. The Morgan fingerprint density at radius 1 is 1.26 bits per heavy atom. The lowest BCUT2D eigenvalue weighted by atomic mass is 10.1. The molecule has 1 aliphatic rings. The molecule has 1 saturated heterocycles. The van der Waals surface area contributed by atoms with E-state index >= 15 is 0 Å². The van der Waals surface area contributed by atoms with E-state index in [0.717, 1.165) is 69.4 Å². The molecule has 0 spiro atoms. The Morgan fingerprint density at radius 2 is 2.04 bits per heavy atom. The molecule has 1 aromatic carbocycles. The van der Waals surface area contributed by atoms with Gasteiger partial charge in [-0.25, -0.2) is 4.99 Å². The number of aliphatic imine (C=N–C) groups is 1. The number of para-hydroxylation sites is 1. The van der Waals surface area contributed by atoms with E-state index in [9.17, 15) is 0 Å². The minimum Gasteiger partial charge on any atom is -0.489 e. The molecule has 1 aromatic rings. The molecule has 6 heteroatoms. The van der Waals surface area contributed by atoms with Gasteiger partial charge in [-0.2, -0.15) is 0 Å². The summed E-state index contributed by atoms with van der Waals surface area (Å²) < 4.78 is 17.2. The van der Waals surface area contributed by atoms with Crippen molar-refractivity contribution in [1.29, 1.82) is 0 Å². The number of guanidine groups is 1. The lowest BCUT2D eigenvalue weighted by Crippen LogP contribution is -2.39. The lowest BCUT2D eigenvalue weighted by Gasteiger charge is -2.22. The summed E-state index contributed by atoms with van der Waals surface area (Å²) in [6, 6.07) is 8.06. The van der Waals surface area contributed by atoms with Crippen molar-refractivity contribution in [3.8, 4) is 5.75 Å². The van der Waals surface area contributed by atoms with Gasteiger partial charge in [-0.3, -0.25) is 0 Å². The summed E-state index contributed by atoms with van der Waals surface area (Å²) in [7, 11) is 0. The smallest absolute Gasteiger partial charge is 0.191 e. The van der Waals surface area contributed by atoms with Crippen LogP contribution in [0.2, 0.25) is 0 Å². The quantitative estimate of drug-likeness (QED) is 0.373. The summed E-state index contributed by atoms with van der Waals surface area (Å²) in [5.74, 6) is 1.74. The van der Waals surface area contributed by atoms with Gasteiger partial charge in [0.2, 0.25) is 0 Å². The van der Waals surface area contributed by atoms with Gasteiger partial charge in [-0.05, 0) is 51.7 Å². The van der Waals surface area contributed by atoms with E-state index in [1.807, 2.05) is 25.1 Å². The molecule has 152 valence electrons. The standard InChI is InChI=1S/C21H35N3O3/c1-4-22-21(23-12-7-13-26-19-10-14-25-15-11-19)24-16-18(3)27-20-9-6-5-8-17(20)2/h5-6,8-9,18-19H,4,7,10-16H2,1-3H3,(H2,22,23,24). The van der Waals surface area contributed by atoms with Crippen molar-refractivity contribution in [1.82, 2.24) is 10.6 Å². The molecule has 6 nitrogen and oxygen atoms in total. The van der Waals surface area contributed by atoms with E-state index in [1.54, 1.807) is 0 Å². The number of ether oxygens (including phenoxy) is 3. The van der Waals surface area contributed by atoms with Gasteiger partial charge in [0.15, 0.2) is 5.96 Å². The zero-order chi connectivity index (χ0) is 19.3. The summed E-state index contributed by atoms with van der Waals surface area (Å²) in [5.41, 5.74) is 1.14. The van der Waals surface area contributed by atoms with Crippen LogP contribution in [0, 0.1) is 6.92 Å². The summed E-state index contributed by atoms with van der Waals surface area (Å²) in [5, 5.41) is 6.65. The normalized spacial score (nSPS) is 16.8. The molecule has 2 rings (SSSR count). The van der Waals surface area contributed by atoms with Crippen LogP contribution in [0.4, 0.5) is 0 Å². The third-order valence-corrected chi connectivity index (χ3v) is 4.41. The maximum Gasteiger partial charge on any atom is 0.191 e. The van der Waals surface area contributed by atoms with Crippen LogP contribution in [-0.4, -0.2) is 57.6 Å². The Kier molecular flexibility index (Phi) is 10.0. The van der Waals surface area contributed by atoms with Gasteiger partial charge in [0.25, 0.3) is 0 Å². The molecule has 0 radical (unpaired) electrons. The number of hydrogen-bond donors (Lipinski definition) is 2. The van der Waals surface area contributed by atoms with Gasteiger partial charge < -0.3 is 24.8 Å². The van der Waals surface area contributed by atoms with Crippen LogP contribution < -0.4 is 15.4 Å². The lowest BCUT2D eigenvalue weighted by molar-refractivity contribution is -0.0320. The molecule has 1 aliphatic heterocycles. The predicted molar refractivity (Wildman–Crippen MR) is 110 cm³/mol. The molecule has 1 atom stereocenters. The molecule has 2 N–H and O–H groups in total. The molecule has 0 aromatic heterocycles. The molecule has 0 bridgehead atoms. The highest BCUT2D eigenvalue weighted by Crippen LogP contribution is 2.17. The number of nitrogens with one attached hydrogen (secondary N) is 2. The molecule has 0 saturated carbocycles. The Morgan fingerprint density at radius 3 is 2.78 bits per heavy atom. The second-order valence-corrected chi connectivity index (χ2v) is 6.88. The fraction of sp³-hybridized carbons (Fsp3) is 0.667. The van der Waals surface area contributed by atoms with Crippen molar-refractivity contribution in [3.05, 3.63) is 29.8 Å². The minimum absolute atomic E-state index is 0.0124. The first kappa shape index (κ1) is 21.5. The first-order valence-electron chi connectivity index (χ1n) is 10.1. The van der Waals surface area contributed by atoms with E-state index < -0.39 is 0 Å². The average molecular weight is 378 g/mol. The van der Waals surface area contributed by atoms with Gasteiger partial charge in [0.1, 0.15) is 11.9 Å². The molecular weight excluding hydrogens is 342 g/mol. The van der Waals surface area contributed by atoms with Crippen LogP contribution in [0.3, 0.4) is 0 Å². The maximum absolute atomic E-state index is 5.99. The third-order valence-electron chi connectivity index (χ3n) is 4.41. The molecule has 27 heavy (non-hydrogen) atoms. The Balaban J connectivity index is 1.67. The first-order chi connectivity index (χ1) is 13.2. The topological polar surface area (TPSA) is 64.1 Å². The van der Waals surface area contributed by atoms with E-state index in [0.29, 0.717) is 12.6 Å². The van der Waals surface area contributed by atoms with Gasteiger partial charge in [-0.1, -0.05) is 18.2 Å².